The molecule has 0 bridgehead atoms. The van der Waals surface area contributed by atoms with Crippen LogP contribution in [0, 0.1) is 0 Å². The number of hydrogen-bond donors (Lipinski definition) is 0. The zero-order valence-electron chi connectivity index (χ0n) is 11.4. The predicted octanol–water partition coefficient (Wildman–Crippen LogP) is 1.65. The number of aromatic nitrogens is 2. The van der Waals surface area contributed by atoms with Crippen LogP contribution in [-0.2, 0) is 11.3 Å². The van der Waals surface area contributed by atoms with Crippen LogP contribution >= 0.6 is 11.6 Å². The van der Waals surface area contributed by atoms with Gasteiger partial charge in [-0.25, -0.2) is 4.98 Å². The van der Waals surface area contributed by atoms with Crippen LogP contribution in [0.5, 0.6) is 0 Å². The molecule has 0 N–H and O–H groups in total. The van der Waals surface area contributed by atoms with E-state index in [0.717, 1.165) is 44.1 Å². The van der Waals surface area contributed by atoms with Crippen molar-refractivity contribution in [3.05, 3.63) is 35.2 Å². The average molecular weight is 293 g/mol. The SMILES string of the molecule is CC(=O)N1CCN(Cc2cn3cc(Cl)ccc3n2)CC1. The molecule has 3 heterocycles. The van der Waals surface area contributed by atoms with Crippen LogP contribution in [0.4, 0.5) is 0 Å². The molecule has 1 saturated heterocycles. The Bertz CT molecular complexity index is 631. The largest absolute Gasteiger partial charge is 0.340 e. The van der Waals surface area contributed by atoms with E-state index in [0.29, 0.717) is 5.02 Å². The van der Waals surface area contributed by atoms with Gasteiger partial charge in [0.15, 0.2) is 0 Å². The van der Waals surface area contributed by atoms with Gasteiger partial charge in [-0.05, 0) is 12.1 Å². The lowest BCUT2D eigenvalue weighted by atomic mass is 10.3. The van der Waals surface area contributed by atoms with Crippen LogP contribution in [0.25, 0.3) is 5.65 Å². The fourth-order valence-corrected chi connectivity index (χ4v) is 2.71. The molecule has 0 atom stereocenters. The molecule has 0 unspecified atom stereocenters. The van der Waals surface area contributed by atoms with Gasteiger partial charge in [-0.3, -0.25) is 9.69 Å². The summed E-state index contributed by atoms with van der Waals surface area (Å²) in [4.78, 5) is 20.1. The molecule has 1 aliphatic rings. The molecule has 1 fully saturated rings. The summed E-state index contributed by atoms with van der Waals surface area (Å²) in [5.74, 6) is 0.159. The number of imidazole rings is 1. The first-order valence-electron chi connectivity index (χ1n) is 6.73. The number of piperazine rings is 1. The number of rotatable bonds is 2. The third kappa shape index (κ3) is 2.78. The number of carbonyl (C=O) groups is 1. The normalized spacial score (nSPS) is 16.8. The van der Waals surface area contributed by atoms with Crippen molar-refractivity contribution in [2.45, 2.75) is 13.5 Å². The van der Waals surface area contributed by atoms with Crippen LogP contribution in [0.3, 0.4) is 0 Å². The van der Waals surface area contributed by atoms with E-state index in [4.69, 9.17) is 11.6 Å². The van der Waals surface area contributed by atoms with Gasteiger partial charge in [0, 0.05) is 52.0 Å². The van der Waals surface area contributed by atoms with Gasteiger partial charge in [0.2, 0.25) is 5.91 Å². The highest BCUT2D eigenvalue weighted by Gasteiger charge is 2.19. The molecule has 3 rings (SSSR count). The van der Waals surface area contributed by atoms with Crippen molar-refractivity contribution in [1.29, 1.82) is 0 Å². The molecule has 1 amide bonds. The van der Waals surface area contributed by atoms with Crippen molar-refractivity contribution in [3.8, 4) is 0 Å². The summed E-state index contributed by atoms with van der Waals surface area (Å²) in [5, 5.41) is 0.705. The molecule has 2 aromatic heterocycles. The average Bonchev–Trinajstić information content (AvgIpc) is 2.80. The highest BCUT2D eigenvalue weighted by Crippen LogP contribution is 2.13. The standard InChI is InChI=1S/C14H17ClN4O/c1-11(20)18-6-4-17(5-7-18)9-13-10-19-8-12(15)2-3-14(19)16-13/h2-3,8,10H,4-7,9H2,1H3. The number of fused-ring (bicyclic) bond motifs is 1. The van der Waals surface area contributed by atoms with Crippen molar-refractivity contribution in [2.75, 3.05) is 26.2 Å². The van der Waals surface area contributed by atoms with Crippen molar-refractivity contribution in [1.82, 2.24) is 19.2 Å². The van der Waals surface area contributed by atoms with Crippen molar-refractivity contribution in [3.63, 3.8) is 0 Å². The minimum atomic E-state index is 0.159. The summed E-state index contributed by atoms with van der Waals surface area (Å²) in [7, 11) is 0. The summed E-state index contributed by atoms with van der Waals surface area (Å²) in [6, 6.07) is 3.76. The van der Waals surface area contributed by atoms with Gasteiger partial charge >= 0.3 is 0 Å². The van der Waals surface area contributed by atoms with Crippen LogP contribution < -0.4 is 0 Å². The maximum atomic E-state index is 11.3. The van der Waals surface area contributed by atoms with E-state index in [1.54, 1.807) is 6.92 Å². The molecule has 106 valence electrons. The summed E-state index contributed by atoms with van der Waals surface area (Å²) in [6.07, 6.45) is 3.87. The van der Waals surface area contributed by atoms with Gasteiger partial charge in [-0.2, -0.15) is 0 Å². The minimum absolute atomic E-state index is 0.159. The number of nitrogens with zero attached hydrogens (tertiary/aromatic N) is 4. The Morgan fingerprint density at radius 1 is 1.25 bits per heavy atom. The zero-order chi connectivity index (χ0) is 14.1. The summed E-state index contributed by atoms with van der Waals surface area (Å²) in [6.45, 7) is 5.83. The monoisotopic (exact) mass is 292 g/mol. The number of hydrogen-bond acceptors (Lipinski definition) is 3. The predicted molar refractivity (Wildman–Crippen MR) is 77.7 cm³/mol. The second-order valence-electron chi connectivity index (χ2n) is 5.13. The smallest absolute Gasteiger partial charge is 0.219 e. The number of halogens is 1. The lowest BCUT2D eigenvalue weighted by Crippen LogP contribution is -2.47. The van der Waals surface area contributed by atoms with Gasteiger partial charge < -0.3 is 9.30 Å². The molecule has 20 heavy (non-hydrogen) atoms. The zero-order valence-corrected chi connectivity index (χ0v) is 12.2. The molecule has 5 nitrogen and oxygen atoms in total. The van der Waals surface area contributed by atoms with E-state index in [2.05, 4.69) is 9.88 Å². The molecular formula is C14H17ClN4O. The minimum Gasteiger partial charge on any atom is -0.340 e. The first-order valence-corrected chi connectivity index (χ1v) is 7.10. The lowest BCUT2D eigenvalue weighted by Gasteiger charge is -2.33. The van der Waals surface area contributed by atoms with E-state index in [9.17, 15) is 4.79 Å². The fraction of sp³-hybridized carbons (Fsp3) is 0.429. The number of amides is 1. The maximum absolute atomic E-state index is 11.3. The van der Waals surface area contributed by atoms with E-state index < -0.39 is 0 Å². The van der Waals surface area contributed by atoms with Crippen LogP contribution in [0.15, 0.2) is 24.5 Å². The van der Waals surface area contributed by atoms with E-state index in [-0.39, 0.29) is 5.91 Å². The molecule has 0 aromatic carbocycles. The third-order valence-corrected chi connectivity index (χ3v) is 3.89. The highest BCUT2D eigenvalue weighted by molar-refractivity contribution is 6.30. The van der Waals surface area contributed by atoms with Gasteiger partial charge in [0.05, 0.1) is 10.7 Å². The van der Waals surface area contributed by atoms with Gasteiger partial charge in [0.25, 0.3) is 0 Å². The topological polar surface area (TPSA) is 40.9 Å². The van der Waals surface area contributed by atoms with E-state index in [1.807, 2.05) is 33.8 Å². The Kier molecular flexibility index (Phi) is 3.63. The third-order valence-electron chi connectivity index (χ3n) is 3.67. The van der Waals surface area contributed by atoms with Crippen molar-refractivity contribution < 1.29 is 4.79 Å². The Morgan fingerprint density at radius 3 is 2.70 bits per heavy atom. The van der Waals surface area contributed by atoms with E-state index in [1.165, 1.54) is 0 Å². The fourth-order valence-electron chi connectivity index (χ4n) is 2.54. The summed E-state index contributed by atoms with van der Waals surface area (Å²) >= 11 is 5.97. The van der Waals surface area contributed by atoms with Gasteiger partial charge in [-0.15, -0.1) is 0 Å². The molecule has 0 spiro atoms. The summed E-state index contributed by atoms with van der Waals surface area (Å²) < 4.78 is 1.95. The van der Waals surface area contributed by atoms with E-state index >= 15 is 0 Å². The second kappa shape index (κ2) is 5.42. The quantitative estimate of drug-likeness (QED) is 0.845. The van der Waals surface area contributed by atoms with Gasteiger partial charge in [0.1, 0.15) is 5.65 Å². The first kappa shape index (κ1) is 13.4. The highest BCUT2D eigenvalue weighted by atomic mass is 35.5. The molecular weight excluding hydrogens is 276 g/mol. The van der Waals surface area contributed by atoms with Gasteiger partial charge in [-0.1, -0.05) is 11.6 Å². The summed E-state index contributed by atoms with van der Waals surface area (Å²) in [5.41, 5.74) is 1.94. The van der Waals surface area contributed by atoms with Crippen LogP contribution in [0.2, 0.25) is 5.02 Å². The van der Waals surface area contributed by atoms with Crippen molar-refractivity contribution >= 4 is 23.2 Å². The second-order valence-corrected chi connectivity index (χ2v) is 5.56. The Balaban J connectivity index is 1.66. The number of carbonyl (C=O) groups excluding carboxylic acids is 1. The molecule has 0 saturated carbocycles. The molecule has 0 radical (unpaired) electrons. The Hall–Kier alpha value is -1.59. The molecule has 6 heteroatoms. The van der Waals surface area contributed by atoms with Crippen LogP contribution in [0.1, 0.15) is 12.6 Å². The lowest BCUT2D eigenvalue weighted by molar-refractivity contribution is -0.130. The van der Waals surface area contributed by atoms with Crippen molar-refractivity contribution in [2.24, 2.45) is 0 Å². The Morgan fingerprint density at radius 2 is 2.00 bits per heavy atom. The first-order chi connectivity index (χ1) is 9.61. The molecule has 2 aromatic rings. The maximum Gasteiger partial charge on any atom is 0.219 e. The number of pyridine rings is 1. The Labute approximate surface area is 122 Å². The molecule has 1 aliphatic heterocycles. The van der Waals surface area contributed by atoms with Crippen LogP contribution in [-0.4, -0.2) is 51.3 Å². The molecule has 0 aliphatic carbocycles.